The van der Waals surface area contributed by atoms with Gasteiger partial charge in [-0.2, -0.15) is 26.3 Å². The number of fused-ring (bicyclic) bond motifs is 1. The van der Waals surface area contributed by atoms with Crippen molar-refractivity contribution < 1.29 is 41.4 Å². The summed E-state index contributed by atoms with van der Waals surface area (Å²) in [6.45, 7) is 0. The zero-order chi connectivity index (χ0) is 19.4. The fraction of sp³-hybridized carbons (Fsp3) is 0.188. The van der Waals surface area contributed by atoms with Crippen LogP contribution in [0.4, 0.5) is 37.7 Å². The van der Waals surface area contributed by atoms with Crippen molar-refractivity contribution in [3.63, 3.8) is 0 Å². The number of phenols is 1. The summed E-state index contributed by atoms with van der Waals surface area (Å²) < 4.78 is 77.4. The number of alkyl halides is 6. The Hall–Kier alpha value is -2.75. The number of aliphatic hydroxyl groups excluding tert-OH is 1. The molecule has 3 rings (SSSR count). The van der Waals surface area contributed by atoms with Gasteiger partial charge in [0.1, 0.15) is 5.75 Å². The van der Waals surface area contributed by atoms with Gasteiger partial charge >= 0.3 is 12.4 Å². The minimum Gasteiger partial charge on any atom is -0.506 e. The van der Waals surface area contributed by atoms with Crippen molar-refractivity contribution in [2.75, 3.05) is 4.90 Å². The number of nitrogens with zero attached hydrogens (tertiary/aromatic N) is 1. The van der Waals surface area contributed by atoms with Crippen molar-refractivity contribution in [3.05, 3.63) is 53.1 Å². The molecule has 0 saturated heterocycles. The molecule has 0 bridgehead atoms. The monoisotopic (exact) mass is 377 g/mol. The van der Waals surface area contributed by atoms with E-state index in [0.29, 0.717) is 35.2 Å². The number of carbonyl (C=O) groups excluding carboxylic acids is 1. The smallest absolute Gasteiger partial charge is 0.416 e. The molecule has 138 valence electrons. The number of benzene rings is 2. The fourth-order valence-electron chi connectivity index (χ4n) is 2.65. The van der Waals surface area contributed by atoms with Gasteiger partial charge in [0, 0.05) is 5.56 Å². The van der Waals surface area contributed by atoms with Crippen molar-refractivity contribution in [2.45, 2.75) is 18.5 Å². The molecular weight excluding hydrogens is 368 g/mol. The van der Waals surface area contributed by atoms with E-state index in [0.717, 1.165) is 6.07 Å². The van der Waals surface area contributed by atoms with E-state index in [9.17, 15) is 41.4 Å². The van der Waals surface area contributed by atoms with E-state index in [-0.39, 0.29) is 5.56 Å². The van der Waals surface area contributed by atoms with Crippen LogP contribution in [-0.4, -0.2) is 16.1 Å². The largest absolute Gasteiger partial charge is 0.506 e. The van der Waals surface area contributed by atoms with Crippen molar-refractivity contribution in [1.82, 2.24) is 0 Å². The summed E-state index contributed by atoms with van der Waals surface area (Å²) >= 11 is 0. The van der Waals surface area contributed by atoms with Gasteiger partial charge in [-0.1, -0.05) is 6.07 Å². The lowest BCUT2D eigenvalue weighted by molar-refractivity contribution is -0.138. The molecule has 1 heterocycles. The summed E-state index contributed by atoms with van der Waals surface area (Å²) in [6, 6.07) is 3.70. The third kappa shape index (κ3) is 2.85. The summed E-state index contributed by atoms with van der Waals surface area (Å²) in [4.78, 5) is 12.7. The van der Waals surface area contributed by atoms with Gasteiger partial charge < -0.3 is 10.2 Å². The molecule has 1 amide bonds. The molecule has 0 spiro atoms. The van der Waals surface area contributed by atoms with Crippen LogP contribution in [0, 0.1) is 0 Å². The molecule has 1 aliphatic rings. The quantitative estimate of drug-likeness (QED) is 0.735. The first-order valence-corrected chi connectivity index (χ1v) is 7.04. The first-order valence-electron chi connectivity index (χ1n) is 7.04. The molecule has 4 nitrogen and oxygen atoms in total. The molecule has 0 saturated carbocycles. The average molecular weight is 377 g/mol. The summed E-state index contributed by atoms with van der Waals surface area (Å²) in [5.74, 6) is -1.93. The number of aromatic hydroxyl groups is 1. The van der Waals surface area contributed by atoms with Crippen molar-refractivity contribution in [1.29, 1.82) is 0 Å². The zero-order valence-corrected chi connectivity index (χ0v) is 12.6. The molecular formula is C16H9F6NO3. The Morgan fingerprint density at radius 3 is 1.88 bits per heavy atom. The number of carbonyl (C=O) groups is 1. The minimum absolute atomic E-state index is 0.209. The van der Waals surface area contributed by atoms with Gasteiger partial charge in [-0.25, -0.2) is 0 Å². The molecule has 2 aromatic carbocycles. The highest BCUT2D eigenvalue weighted by Gasteiger charge is 2.41. The van der Waals surface area contributed by atoms with Crippen LogP contribution in [0.2, 0.25) is 0 Å². The average Bonchev–Trinajstić information content (AvgIpc) is 2.77. The standard InChI is InChI=1S/C16H9F6NO3/c17-15(18,19)7-1-3-9-10(5-7)23(14(26)13(9)25)11-6-8(16(20,21)22)2-4-12(11)24/h1-6,13,24-25H. The molecule has 0 radical (unpaired) electrons. The second kappa shape index (κ2) is 5.63. The fourth-order valence-corrected chi connectivity index (χ4v) is 2.65. The summed E-state index contributed by atoms with van der Waals surface area (Å²) in [6.07, 6.45) is -11.4. The molecule has 2 N–H and O–H groups in total. The van der Waals surface area contributed by atoms with Gasteiger partial charge in [0.25, 0.3) is 5.91 Å². The molecule has 0 fully saturated rings. The Morgan fingerprint density at radius 1 is 0.846 bits per heavy atom. The number of halogens is 6. The zero-order valence-electron chi connectivity index (χ0n) is 12.6. The topological polar surface area (TPSA) is 60.8 Å². The van der Waals surface area contributed by atoms with Crippen LogP contribution in [0.3, 0.4) is 0 Å². The SMILES string of the molecule is O=C1C(O)c2ccc(C(F)(F)F)cc2N1c1cc(C(F)(F)F)ccc1O. The number of anilines is 2. The van der Waals surface area contributed by atoms with Crippen LogP contribution in [0.15, 0.2) is 36.4 Å². The van der Waals surface area contributed by atoms with Gasteiger partial charge in [-0.15, -0.1) is 0 Å². The third-order valence-corrected chi connectivity index (χ3v) is 3.89. The molecule has 10 heteroatoms. The first-order chi connectivity index (χ1) is 11.9. The maximum atomic E-state index is 12.9. The van der Waals surface area contributed by atoms with Crippen LogP contribution in [0.1, 0.15) is 22.8 Å². The maximum Gasteiger partial charge on any atom is 0.416 e. The first kappa shape index (κ1) is 18.1. The van der Waals surface area contributed by atoms with E-state index in [1.807, 2.05) is 0 Å². The van der Waals surface area contributed by atoms with Crippen LogP contribution in [0.25, 0.3) is 0 Å². The Bertz CT molecular complexity index is 891. The summed E-state index contributed by atoms with van der Waals surface area (Å²) in [5, 5.41) is 19.8. The third-order valence-electron chi connectivity index (χ3n) is 3.89. The Labute approximate surface area is 141 Å². The number of phenolic OH excluding ortho intramolecular Hbond substituents is 1. The predicted octanol–water partition coefficient (Wildman–Crippen LogP) is 4.14. The summed E-state index contributed by atoms with van der Waals surface area (Å²) in [7, 11) is 0. The van der Waals surface area contributed by atoms with Crippen molar-refractivity contribution in [3.8, 4) is 5.75 Å². The number of rotatable bonds is 1. The van der Waals surface area contributed by atoms with Crippen LogP contribution < -0.4 is 4.90 Å². The molecule has 1 aliphatic heterocycles. The number of hydrogen-bond donors (Lipinski definition) is 2. The highest BCUT2D eigenvalue weighted by molar-refractivity contribution is 6.10. The Kier molecular flexibility index (Phi) is 3.91. The van der Waals surface area contributed by atoms with Gasteiger partial charge in [0.15, 0.2) is 6.10 Å². The molecule has 0 aliphatic carbocycles. The van der Waals surface area contributed by atoms with Gasteiger partial charge in [-0.3, -0.25) is 9.69 Å². The number of hydrogen-bond acceptors (Lipinski definition) is 3. The van der Waals surface area contributed by atoms with Gasteiger partial charge in [-0.05, 0) is 30.3 Å². The second-order valence-electron chi connectivity index (χ2n) is 5.55. The minimum atomic E-state index is -4.81. The number of aliphatic hydroxyl groups is 1. The predicted molar refractivity (Wildman–Crippen MR) is 76.7 cm³/mol. The summed E-state index contributed by atoms with van der Waals surface area (Å²) in [5.41, 5.74) is -3.71. The molecule has 0 aromatic heterocycles. The van der Waals surface area contributed by atoms with Gasteiger partial charge in [0.2, 0.25) is 0 Å². The van der Waals surface area contributed by atoms with E-state index in [1.54, 1.807) is 0 Å². The normalized spacial score (nSPS) is 17.6. The molecule has 1 atom stereocenters. The second-order valence-corrected chi connectivity index (χ2v) is 5.55. The van der Waals surface area contributed by atoms with Crippen molar-refractivity contribution >= 4 is 17.3 Å². The molecule has 2 aromatic rings. The van der Waals surface area contributed by atoms with Gasteiger partial charge in [0.05, 0.1) is 22.5 Å². The number of amides is 1. The van der Waals surface area contributed by atoms with Crippen molar-refractivity contribution in [2.24, 2.45) is 0 Å². The van der Waals surface area contributed by atoms with E-state index < -0.39 is 52.6 Å². The Balaban J connectivity index is 2.21. The van der Waals surface area contributed by atoms with Crippen LogP contribution in [-0.2, 0) is 17.1 Å². The molecule has 26 heavy (non-hydrogen) atoms. The molecule has 1 unspecified atom stereocenters. The van der Waals surface area contributed by atoms with E-state index >= 15 is 0 Å². The highest BCUT2D eigenvalue weighted by Crippen LogP contribution is 2.47. The lowest BCUT2D eigenvalue weighted by atomic mass is 10.1. The Morgan fingerprint density at radius 2 is 1.35 bits per heavy atom. The van der Waals surface area contributed by atoms with Crippen LogP contribution >= 0.6 is 0 Å². The van der Waals surface area contributed by atoms with E-state index in [1.165, 1.54) is 0 Å². The van der Waals surface area contributed by atoms with E-state index in [4.69, 9.17) is 0 Å². The highest BCUT2D eigenvalue weighted by atomic mass is 19.4. The lowest BCUT2D eigenvalue weighted by Gasteiger charge is -2.21. The lowest BCUT2D eigenvalue weighted by Crippen LogP contribution is -2.24. The van der Waals surface area contributed by atoms with Crippen LogP contribution in [0.5, 0.6) is 5.75 Å². The van der Waals surface area contributed by atoms with E-state index in [2.05, 4.69) is 0 Å². The maximum absolute atomic E-state index is 12.9.